The van der Waals surface area contributed by atoms with Crippen LogP contribution >= 0.6 is 12.2 Å². The number of thiocarbonyl (C=S) groups is 1. The van der Waals surface area contributed by atoms with E-state index < -0.39 is 0 Å². The maximum absolute atomic E-state index is 5.54. The SMILES string of the molecule is COc1cccc(Cn2nc(C)c(NC(=S)Nc3cnn(Cc4ccccc4)c3)c2C)c1. The van der Waals surface area contributed by atoms with Crippen LogP contribution in [0.3, 0.4) is 0 Å². The molecule has 0 aliphatic carbocycles. The fourth-order valence-electron chi connectivity index (χ4n) is 3.54. The van der Waals surface area contributed by atoms with E-state index >= 15 is 0 Å². The number of hydrogen-bond donors (Lipinski definition) is 2. The summed E-state index contributed by atoms with van der Waals surface area (Å²) in [6, 6.07) is 18.2. The Balaban J connectivity index is 1.40. The van der Waals surface area contributed by atoms with Crippen molar-refractivity contribution >= 4 is 28.7 Å². The Hall–Kier alpha value is -3.65. The molecule has 0 aliphatic heterocycles. The van der Waals surface area contributed by atoms with Gasteiger partial charge >= 0.3 is 0 Å². The van der Waals surface area contributed by atoms with Gasteiger partial charge in [-0.25, -0.2) is 0 Å². The van der Waals surface area contributed by atoms with E-state index in [9.17, 15) is 0 Å². The van der Waals surface area contributed by atoms with Crippen molar-refractivity contribution in [2.24, 2.45) is 0 Å². The van der Waals surface area contributed by atoms with Crippen LogP contribution in [-0.4, -0.2) is 31.8 Å². The average molecular weight is 447 g/mol. The van der Waals surface area contributed by atoms with Crippen molar-refractivity contribution in [3.8, 4) is 5.75 Å². The van der Waals surface area contributed by atoms with Gasteiger partial charge in [0.25, 0.3) is 0 Å². The van der Waals surface area contributed by atoms with E-state index in [4.69, 9.17) is 17.0 Å². The number of nitrogens with zero attached hydrogens (tertiary/aromatic N) is 4. The number of nitrogens with one attached hydrogen (secondary N) is 2. The summed E-state index contributed by atoms with van der Waals surface area (Å²) >= 11 is 5.54. The Kier molecular flexibility index (Phi) is 6.51. The first-order valence-corrected chi connectivity index (χ1v) is 10.7. The topological polar surface area (TPSA) is 68.9 Å². The quantitative estimate of drug-likeness (QED) is 0.404. The van der Waals surface area contributed by atoms with Crippen LogP contribution in [-0.2, 0) is 13.1 Å². The highest BCUT2D eigenvalue weighted by Crippen LogP contribution is 2.22. The predicted molar refractivity (Wildman–Crippen MR) is 131 cm³/mol. The molecule has 0 amide bonds. The third kappa shape index (κ3) is 5.15. The maximum Gasteiger partial charge on any atom is 0.175 e. The maximum atomic E-state index is 5.54. The molecule has 0 saturated heterocycles. The van der Waals surface area contributed by atoms with Gasteiger partial charge in [0.2, 0.25) is 0 Å². The average Bonchev–Trinajstić information content (AvgIpc) is 3.33. The molecule has 4 aromatic rings. The summed E-state index contributed by atoms with van der Waals surface area (Å²) in [5.74, 6) is 0.834. The highest BCUT2D eigenvalue weighted by Gasteiger charge is 2.14. The van der Waals surface area contributed by atoms with Crippen molar-refractivity contribution in [1.82, 2.24) is 19.6 Å². The van der Waals surface area contributed by atoms with E-state index in [-0.39, 0.29) is 0 Å². The Labute approximate surface area is 193 Å². The highest BCUT2D eigenvalue weighted by molar-refractivity contribution is 7.80. The normalized spacial score (nSPS) is 10.7. The smallest absolute Gasteiger partial charge is 0.175 e. The fraction of sp³-hybridized carbons (Fsp3) is 0.208. The largest absolute Gasteiger partial charge is 0.497 e. The van der Waals surface area contributed by atoms with E-state index in [0.717, 1.165) is 34.1 Å². The molecule has 8 heteroatoms. The van der Waals surface area contributed by atoms with E-state index in [1.54, 1.807) is 13.3 Å². The van der Waals surface area contributed by atoms with Crippen molar-refractivity contribution in [3.63, 3.8) is 0 Å². The number of methoxy groups -OCH3 is 1. The Morgan fingerprint density at radius 2 is 1.78 bits per heavy atom. The molecule has 0 bridgehead atoms. The molecule has 0 atom stereocenters. The van der Waals surface area contributed by atoms with Crippen molar-refractivity contribution < 1.29 is 4.74 Å². The summed E-state index contributed by atoms with van der Waals surface area (Å²) in [7, 11) is 1.67. The minimum absolute atomic E-state index is 0.497. The molecular formula is C24H26N6OS. The van der Waals surface area contributed by atoms with Gasteiger partial charge in [0, 0.05) is 6.20 Å². The molecule has 0 fully saturated rings. The number of aryl methyl sites for hydroxylation is 1. The molecule has 2 N–H and O–H groups in total. The van der Waals surface area contributed by atoms with Crippen LogP contribution in [0.2, 0.25) is 0 Å². The summed E-state index contributed by atoms with van der Waals surface area (Å²) in [4.78, 5) is 0. The van der Waals surface area contributed by atoms with Gasteiger partial charge in [-0.15, -0.1) is 0 Å². The minimum Gasteiger partial charge on any atom is -0.497 e. The number of hydrogen-bond acceptors (Lipinski definition) is 4. The fourth-order valence-corrected chi connectivity index (χ4v) is 3.76. The zero-order chi connectivity index (χ0) is 22.5. The van der Waals surface area contributed by atoms with Crippen LogP contribution in [0.15, 0.2) is 67.0 Å². The molecule has 32 heavy (non-hydrogen) atoms. The number of aromatic nitrogens is 4. The summed E-state index contributed by atoms with van der Waals surface area (Å²) < 4.78 is 9.16. The summed E-state index contributed by atoms with van der Waals surface area (Å²) in [6.07, 6.45) is 3.70. The first kappa shape index (κ1) is 21.6. The van der Waals surface area contributed by atoms with Gasteiger partial charge in [-0.2, -0.15) is 10.2 Å². The van der Waals surface area contributed by atoms with Crippen LogP contribution in [0.25, 0.3) is 0 Å². The lowest BCUT2D eigenvalue weighted by Crippen LogP contribution is -2.19. The second kappa shape index (κ2) is 9.65. The van der Waals surface area contributed by atoms with Crippen molar-refractivity contribution in [2.75, 3.05) is 17.7 Å². The molecular weight excluding hydrogens is 420 g/mol. The van der Waals surface area contributed by atoms with E-state index in [2.05, 4.69) is 39.0 Å². The summed E-state index contributed by atoms with van der Waals surface area (Å²) in [6.45, 7) is 5.36. The van der Waals surface area contributed by atoms with Crippen molar-refractivity contribution in [1.29, 1.82) is 0 Å². The van der Waals surface area contributed by atoms with Gasteiger partial charge in [-0.05, 0) is 49.3 Å². The summed E-state index contributed by atoms with van der Waals surface area (Å²) in [5.41, 5.74) is 5.94. The van der Waals surface area contributed by atoms with Crippen LogP contribution < -0.4 is 15.4 Å². The van der Waals surface area contributed by atoms with E-state index in [1.165, 1.54) is 5.56 Å². The Morgan fingerprint density at radius 3 is 2.56 bits per heavy atom. The van der Waals surface area contributed by atoms with Gasteiger partial charge in [0.1, 0.15) is 5.75 Å². The minimum atomic E-state index is 0.497. The lowest BCUT2D eigenvalue weighted by Gasteiger charge is -2.10. The van der Waals surface area contributed by atoms with Gasteiger partial charge in [0.05, 0.1) is 49.2 Å². The first-order valence-electron chi connectivity index (χ1n) is 10.3. The lowest BCUT2D eigenvalue weighted by molar-refractivity contribution is 0.414. The number of ether oxygens (including phenoxy) is 1. The van der Waals surface area contributed by atoms with Crippen LogP contribution in [0.1, 0.15) is 22.5 Å². The highest BCUT2D eigenvalue weighted by atomic mass is 32.1. The Bertz CT molecular complexity index is 1210. The van der Waals surface area contributed by atoms with Crippen LogP contribution in [0.5, 0.6) is 5.75 Å². The van der Waals surface area contributed by atoms with Crippen molar-refractivity contribution in [3.05, 3.63) is 89.5 Å². The zero-order valence-electron chi connectivity index (χ0n) is 18.4. The van der Waals surface area contributed by atoms with Gasteiger partial charge in [0.15, 0.2) is 5.11 Å². The molecule has 0 saturated carbocycles. The third-order valence-electron chi connectivity index (χ3n) is 5.17. The first-order chi connectivity index (χ1) is 15.5. The van der Waals surface area contributed by atoms with Gasteiger partial charge < -0.3 is 15.4 Å². The molecule has 4 rings (SSSR count). The monoisotopic (exact) mass is 446 g/mol. The number of rotatable bonds is 7. The molecule has 0 aliphatic rings. The number of benzene rings is 2. The molecule has 7 nitrogen and oxygen atoms in total. The van der Waals surface area contributed by atoms with E-state index in [1.807, 2.05) is 65.8 Å². The second-order valence-electron chi connectivity index (χ2n) is 7.55. The standard InChI is InChI=1S/C24H26N6OS/c1-17-23(18(2)30(28-17)15-20-10-7-11-22(12-20)31-3)27-24(32)26-21-13-25-29(16-21)14-19-8-5-4-6-9-19/h4-13,16H,14-15H2,1-3H3,(H2,26,27,32). The molecule has 2 heterocycles. The van der Waals surface area contributed by atoms with Crippen molar-refractivity contribution in [2.45, 2.75) is 26.9 Å². The predicted octanol–water partition coefficient (Wildman–Crippen LogP) is 4.61. The van der Waals surface area contributed by atoms with E-state index in [0.29, 0.717) is 18.2 Å². The zero-order valence-corrected chi connectivity index (χ0v) is 19.2. The third-order valence-corrected chi connectivity index (χ3v) is 5.37. The molecule has 2 aromatic carbocycles. The number of anilines is 2. The molecule has 0 radical (unpaired) electrons. The summed E-state index contributed by atoms with van der Waals surface area (Å²) in [5, 5.41) is 16.1. The molecule has 0 spiro atoms. The van der Waals surface area contributed by atoms with Crippen LogP contribution in [0.4, 0.5) is 11.4 Å². The second-order valence-corrected chi connectivity index (χ2v) is 7.95. The molecule has 164 valence electrons. The van der Waals surface area contributed by atoms with Gasteiger partial charge in [-0.3, -0.25) is 9.36 Å². The Morgan fingerprint density at radius 1 is 1.00 bits per heavy atom. The van der Waals surface area contributed by atoms with Gasteiger partial charge in [-0.1, -0.05) is 42.5 Å². The molecule has 2 aromatic heterocycles. The lowest BCUT2D eigenvalue weighted by atomic mass is 10.2. The van der Waals surface area contributed by atoms with Crippen LogP contribution in [0, 0.1) is 13.8 Å². The molecule has 0 unspecified atom stereocenters.